The van der Waals surface area contributed by atoms with Gasteiger partial charge in [-0.15, -0.1) is 0 Å². The molecule has 0 aliphatic rings. The largest absolute Gasteiger partial charge is 0.493 e. The van der Waals surface area contributed by atoms with Gasteiger partial charge < -0.3 is 19.5 Å². The number of anilines is 2. The SMILES string of the molecule is CCCCCOc1ccccc1C(=O)Nc1ccc(S(=O)(=O)Nc2cc(OC)nc(OC)n2)cc1. The van der Waals surface area contributed by atoms with Gasteiger partial charge in [-0.1, -0.05) is 31.9 Å². The normalized spacial score (nSPS) is 10.9. The summed E-state index contributed by atoms with van der Waals surface area (Å²) in [7, 11) is -1.22. The van der Waals surface area contributed by atoms with Crippen molar-refractivity contribution in [3.05, 3.63) is 60.2 Å². The minimum absolute atomic E-state index is 0.0124. The molecule has 1 heterocycles. The van der Waals surface area contributed by atoms with E-state index < -0.39 is 10.0 Å². The molecule has 1 aromatic heterocycles. The van der Waals surface area contributed by atoms with Crippen molar-refractivity contribution >= 4 is 27.4 Å². The second-order valence-corrected chi connectivity index (χ2v) is 9.10. The van der Waals surface area contributed by atoms with Gasteiger partial charge in [0.15, 0.2) is 5.82 Å². The van der Waals surface area contributed by atoms with E-state index in [2.05, 4.69) is 26.9 Å². The molecule has 0 radical (unpaired) electrons. The first kappa shape index (κ1) is 25.8. The highest BCUT2D eigenvalue weighted by atomic mass is 32.2. The van der Waals surface area contributed by atoms with Crippen LogP contribution in [0, 0.1) is 0 Å². The van der Waals surface area contributed by atoms with Crippen LogP contribution in [-0.4, -0.2) is 45.1 Å². The number of unbranched alkanes of at least 4 members (excludes halogenated alkanes) is 2. The quantitative estimate of drug-likeness (QED) is 0.356. The fourth-order valence-corrected chi connectivity index (χ4v) is 4.07. The van der Waals surface area contributed by atoms with Crippen LogP contribution in [0.5, 0.6) is 17.6 Å². The Morgan fingerprint density at radius 3 is 2.40 bits per heavy atom. The highest BCUT2D eigenvalue weighted by Gasteiger charge is 2.18. The number of carbonyl (C=O) groups excluding carboxylic acids is 1. The molecule has 0 unspecified atom stereocenters. The lowest BCUT2D eigenvalue weighted by Crippen LogP contribution is -2.16. The van der Waals surface area contributed by atoms with Crippen LogP contribution in [0.1, 0.15) is 36.5 Å². The first-order valence-corrected chi connectivity index (χ1v) is 12.5. The van der Waals surface area contributed by atoms with Crippen molar-refractivity contribution in [3.8, 4) is 17.6 Å². The molecule has 0 spiro atoms. The van der Waals surface area contributed by atoms with Gasteiger partial charge in [0.2, 0.25) is 5.88 Å². The molecule has 2 N–H and O–H groups in total. The van der Waals surface area contributed by atoms with Gasteiger partial charge in [0.05, 0.1) is 31.3 Å². The fourth-order valence-electron chi connectivity index (χ4n) is 3.08. The summed E-state index contributed by atoms with van der Waals surface area (Å²) in [4.78, 5) is 20.7. The molecule has 11 heteroatoms. The van der Waals surface area contributed by atoms with E-state index in [1.165, 1.54) is 44.6 Å². The zero-order valence-corrected chi connectivity index (χ0v) is 20.6. The summed E-state index contributed by atoms with van der Waals surface area (Å²) in [6, 6.07) is 14.0. The standard InChI is InChI=1S/C24H28N4O6S/c1-4-5-8-15-34-20-10-7-6-9-19(20)23(29)25-17-11-13-18(14-12-17)35(30,31)28-21-16-22(32-2)27-24(26-21)33-3/h6-7,9-14,16H,4-5,8,15H2,1-3H3,(H,25,29)(H,26,27,28). The lowest BCUT2D eigenvalue weighted by atomic mass is 10.2. The zero-order chi connectivity index (χ0) is 25.3. The number of carbonyl (C=O) groups is 1. The molecular formula is C24H28N4O6S. The molecule has 0 aliphatic carbocycles. The molecule has 2 aromatic carbocycles. The molecule has 1 amide bonds. The highest BCUT2D eigenvalue weighted by Crippen LogP contribution is 2.23. The van der Waals surface area contributed by atoms with Crippen LogP contribution >= 0.6 is 0 Å². The summed E-state index contributed by atoms with van der Waals surface area (Å²) in [6.45, 7) is 2.64. The first-order chi connectivity index (χ1) is 16.9. The number of methoxy groups -OCH3 is 2. The molecule has 0 atom stereocenters. The van der Waals surface area contributed by atoms with Crippen LogP contribution < -0.4 is 24.2 Å². The summed E-state index contributed by atoms with van der Waals surface area (Å²) in [5, 5.41) is 2.77. The van der Waals surface area contributed by atoms with Gasteiger partial charge in [-0.25, -0.2) is 8.42 Å². The maximum atomic E-state index is 12.8. The summed E-state index contributed by atoms with van der Waals surface area (Å²) in [6.07, 6.45) is 3.04. The third-order valence-electron chi connectivity index (χ3n) is 4.87. The first-order valence-electron chi connectivity index (χ1n) is 11.0. The molecule has 3 rings (SSSR count). The summed E-state index contributed by atoms with van der Waals surface area (Å²) in [5.41, 5.74) is 0.828. The van der Waals surface area contributed by atoms with Crippen LogP contribution in [0.15, 0.2) is 59.5 Å². The Balaban J connectivity index is 1.70. The fraction of sp³-hybridized carbons (Fsp3) is 0.292. The monoisotopic (exact) mass is 500 g/mol. The van der Waals surface area contributed by atoms with Crippen molar-refractivity contribution in [2.24, 2.45) is 0 Å². The molecule has 0 bridgehead atoms. The number of sulfonamides is 1. The van der Waals surface area contributed by atoms with Gasteiger partial charge in [0.1, 0.15) is 5.75 Å². The van der Waals surface area contributed by atoms with Gasteiger partial charge in [0.25, 0.3) is 15.9 Å². The van der Waals surface area contributed by atoms with E-state index >= 15 is 0 Å². The minimum atomic E-state index is -3.97. The average Bonchev–Trinajstić information content (AvgIpc) is 2.86. The molecule has 10 nitrogen and oxygen atoms in total. The Labute approximate surface area is 204 Å². The summed E-state index contributed by atoms with van der Waals surface area (Å²) < 4.78 is 43.7. The number of ether oxygens (including phenoxy) is 3. The number of para-hydroxylation sites is 1. The summed E-state index contributed by atoms with van der Waals surface area (Å²) >= 11 is 0. The smallest absolute Gasteiger partial charge is 0.321 e. The van der Waals surface area contributed by atoms with Crippen LogP contribution in [0.3, 0.4) is 0 Å². The van der Waals surface area contributed by atoms with Crippen molar-refractivity contribution in [3.63, 3.8) is 0 Å². The van der Waals surface area contributed by atoms with Crippen LogP contribution in [-0.2, 0) is 10.0 Å². The maximum Gasteiger partial charge on any atom is 0.321 e. The molecule has 186 valence electrons. The van der Waals surface area contributed by atoms with Crippen molar-refractivity contribution in [1.29, 1.82) is 0 Å². The van der Waals surface area contributed by atoms with Gasteiger partial charge >= 0.3 is 6.01 Å². The van der Waals surface area contributed by atoms with E-state index in [0.29, 0.717) is 23.6 Å². The van der Waals surface area contributed by atoms with E-state index in [4.69, 9.17) is 14.2 Å². The highest BCUT2D eigenvalue weighted by molar-refractivity contribution is 7.92. The maximum absolute atomic E-state index is 12.8. The molecule has 3 aromatic rings. The van der Waals surface area contributed by atoms with Crippen LogP contribution in [0.4, 0.5) is 11.5 Å². The molecule has 0 saturated carbocycles. The van der Waals surface area contributed by atoms with Gasteiger partial charge in [-0.3, -0.25) is 9.52 Å². The van der Waals surface area contributed by atoms with Gasteiger partial charge in [-0.2, -0.15) is 9.97 Å². The number of nitrogens with one attached hydrogen (secondary N) is 2. The molecule has 0 fully saturated rings. The predicted molar refractivity (Wildman–Crippen MR) is 132 cm³/mol. The lowest BCUT2D eigenvalue weighted by Gasteiger charge is -2.12. The molecule has 0 saturated heterocycles. The van der Waals surface area contributed by atoms with Crippen molar-refractivity contribution < 1.29 is 27.4 Å². The Morgan fingerprint density at radius 2 is 1.71 bits per heavy atom. The Hall–Kier alpha value is -3.86. The third-order valence-corrected chi connectivity index (χ3v) is 6.24. The zero-order valence-electron chi connectivity index (χ0n) is 19.8. The van der Waals surface area contributed by atoms with Gasteiger partial charge in [0, 0.05) is 11.8 Å². The second kappa shape index (κ2) is 12.0. The third kappa shape index (κ3) is 7.06. The predicted octanol–water partition coefficient (Wildman–Crippen LogP) is 4.12. The number of rotatable bonds is 12. The molecule has 0 aliphatic heterocycles. The van der Waals surface area contributed by atoms with Crippen molar-refractivity contribution in [1.82, 2.24) is 9.97 Å². The molecule has 35 heavy (non-hydrogen) atoms. The van der Waals surface area contributed by atoms with E-state index in [1.807, 2.05) is 0 Å². The van der Waals surface area contributed by atoms with Crippen LogP contribution in [0.25, 0.3) is 0 Å². The van der Waals surface area contributed by atoms with Crippen LogP contribution in [0.2, 0.25) is 0 Å². The Bertz CT molecular complexity index is 1230. The molecular weight excluding hydrogens is 472 g/mol. The van der Waals surface area contributed by atoms with Crippen molar-refractivity contribution in [2.45, 2.75) is 31.1 Å². The van der Waals surface area contributed by atoms with E-state index in [1.54, 1.807) is 24.3 Å². The number of aromatic nitrogens is 2. The second-order valence-electron chi connectivity index (χ2n) is 7.42. The number of benzene rings is 2. The van der Waals surface area contributed by atoms with E-state index in [9.17, 15) is 13.2 Å². The average molecular weight is 501 g/mol. The number of amides is 1. The topological polar surface area (TPSA) is 129 Å². The Morgan fingerprint density at radius 1 is 0.971 bits per heavy atom. The minimum Gasteiger partial charge on any atom is -0.493 e. The lowest BCUT2D eigenvalue weighted by molar-refractivity contribution is 0.102. The van der Waals surface area contributed by atoms with E-state index in [0.717, 1.165) is 19.3 Å². The summed E-state index contributed by atoms with van der Waals surface area (Å²) in [5.74, 6) is 0.272. The number of hydrogen-bond acceptors (Lipinski definition) is 8. The van der Waals surface area contributed by atoms with Crippen molar-refractivity contribution in [2.75, 3.05) is 30.9 Å². The number of nitrogens with zero attached hydrogens (tertiary/aromatic N) is 2. The Kier molecular flexibility index (Phi) is 8.85. The van der Waals surface area contributed by atoms with Gasteiger partial charge in [-0.05, 0) is 42.8 Å². The number of hydrogen-bond donors (Lipinski definition) is 2. The van der Waals surface area contributed by atoms with E-state index in [-0.39, 0.29) is 28.5 Å².